The first-order valence-corrected chi connectivity index (χ1v) is 12.6. The molecule has 0 N–H and O–H groups in total. The summed E-state index contributed by atoms with van der Waals surface area (Å²) in [6.07, 6.45) is 4.67. The maximum Gasteiger partial charge on any atom is 0.266 e. The highest BCUT2D eigenvalue weighted by molar-refractivity contribution is 5.92. The molecule has 4 rings (SSSR count). The largest absolute Gasteiger partial charge is 0.385 e. The van der Waals surface area contributed by atoms with Crippen LogP contribution in [0.25, 0.3) is 22.7 Å². The highest BCUT2D eigenvalue weighted by Gasteiger charge is 2.28. The Bertz CT molecular complexity index is 1430. The van der Waals surface area contributed by atoms with Crippen molar-refractivity contribution in [3.8, 4) is 5.69 Å². The number of rotatable bonds is 10. The van der Waals surface area contributed by atoms with E-state index in [-0.39, 0.29) is 11.5 Å². The third-order valence-corrected chi connectivity index (χ3v) is 6.40. The molecule has 6 heteroatoms. The summed E-state index contributed by atoms with van der Waals surface area (Å²) in [6, 6.07) is 24.5. The summed E-state index contributed by atoms with van der Waals surface area (Å²) in [5.74, 6) is 0.415. The van der Waals surface area contributed by atoms with Gasteiger partial charge in [-0.25, -0.2) is 4.98 Å². The standard InChI is InChI=1S/C31H33N3O3/c1-4-28(33(21-10-22-37-3)29(35)20-17-24-11-6-5-7-12-24)30-32-27-14-9-8-13-26(27)31(36)34(30)25-18-15-23(2)16-19-25/h5-9,11-20,28H,4,10,21-22H2,1-3H3. The molecule has 0 spiro atoms. The maximum atomic E-state index is 13.8. The van der Waals surface area contributed by atoms with Crippen LogP contribution in [0.15, 0.2) is 89.7 Å². The van der Waals surface area contributed by atoms with Crippen molar-refractivity contribution in [1.29, 1.82) is 0 Å². The number of hydrogen-bond acceptors (Lipinski definition) is 4. The first kappa shape index (κ1) is 26.0. The number of carbonyl (C=O) groups excluding carboxylic acids is 1. The number of methoxy groups -OCH3 is 1. The zero-order valence-electron chi connectivity index (χ0n) is 21.6. The van der Waals surface area contributed by atoms with Crippen molar-refractivity contribution < 1.29 is 9.53 Å². The van der Waals surface area contributed by atoms with Crippen LogP contribution in [0, 0.1) is 6.92 Å². The second kappa shape index (κ2) is 12.3. The van der Waals surface area contributed by atoms with Gasteiger partial charge in [0.25, 0.3) is 5.56 Å². The lowest BCUT2D eigenvalue weighted by Gasteiger charge is -2.31. The van der Waals surface area contributed by atoms with Gasteiger partial charge in [0, 0.05) is 26.3 Å². The summed E-state index contributed by atoms with van der Waals surface area (Å²) < 4.78 is 6.93. The van der Waals surface area contributed by atoms with E-state index in [9.17, 15) is 9.59 Å². The Balaban J connectivity index is 1.84. The molecule has 0 radical (unpaired) electrons. The van der Waals surface area contributed by atoms with E-state index in [0.717, 1.165) is 16.8 Å². The zero-order valence-corrected chi connectivity index (χ0v) is 21.6. The molecular weight excluding hydrogens is 462 g/mol. The van der Waals surface area contributed by atoms with Crippen molar-refractivity contribution in [2.75, 3.05) is 20.3 Å². The van der Waals surface area contributed by atoms with Crippen LogP contribution < -0.4 is 5.56 Å². The molecule has 1 aromatic heterocycles. The molecule has 0 bridgehead atoms. The van der Waals surface area contributed by atoms with Crippen LogP contribution in [0.5, 0.6) is 0 Å². The topological polar surface area (TPSA) is 64.4 Å². The fraction of sp³-hybridized carbons (Fsp3) is 0.258. The molecule has 0 aliphatic rings. The van der Waals surface area contributed by atoms with Crippen molar-refractivity contribution in [2.24, 2.45) is 0 Å². The normalized spacial score (nSPS) is 12.2. The monoisotopic (exact) mass is 495 g/mol. The number of aryl methyl sites for hydroxylation is 1. The van der Waals surface area contributed by atoms with E-state index < -0.39 is 6.04 Å². The number of fused-ring (bicyclic) bond motifs is 1. The zero-order chi connectivity index (χ0) is 26.2. The van der Waals surface area contributed by atoms with Crippen LogP contribution in [0.1, 0.15) is 42.8 Å². The summed E-state index contributed by atoms with van der Waals surface area (Å²) in [6.45, 7) is 5.03. The van der Waals surface area contributed by atoms with Gasteiger partial charge in [-0.05, 0) is 55.7 Å². The van der Waals surface area contributed by atoms with E-state index >= 15 is 0 Å². The summed E-state index contributed by atoms with van der Waals surface area (Å²) in [4.78, 5) is 34.2. The summed E-state index contributed by atoms with van der Waals surface area (Å²) >= 11 is 0. The molecule has 0 saturated carbocycles. The van der Waals surface area contributed by atoms with Crippen LogP contribution in [0.2, 0.25) is 0 Å². The number of hydrogen-bond donors (Lipinski definition) is 0. The third kappa shape index (κ3) is 6.04. The smallest absolute Gasteiger partial charge is 0.266 e. The fourth-order valence-corrected chi connectivity index (χ4v) is 4.49. The first-order chi connectivity index (χ1) is 18.0. The van der Waals surface area contributed by atoms with Crippen LogP contribution in [-0.4, -0.2) is 40.6 Å². The van der Waals surface area contributed by atoms with Gasteiger partial charge in [-0.15, -0.1) is 0 Å². The molecule has 0 saturated heterocycles. The average Bonchev–Trinajstić information content (AvgIpc) is 2.93. The molecule has 0 aliphatic heterocycles. The van der Waals surface area contributed by atoms with Gasteiger partial charge in [0.15, 0.2) is 0 Å². The fourth-order valence-electron chi connectivity index (χ4n) is 4.49. The van der Waals surface area contributed by atoms with E-state index in [2.05, 4.69) is 0 Å². The van der Waals surface area contributed by atoms with Crippen molar-refractivity contribution in [3.63, 3.8) is 0 Å². The van der Waals surface area contributed by atoms with Crippen LogP contribution in [0.4, 0.5) is 0 Å². The van der Waals surface area contributed by atoms with Crippen LogP contribution in [0.3, 0.4) is 0 Å². The minimum absolute atomic E-state index is 0.135. The first-order valence-electron chi connectivity index (χ1n) is 12.6. The van der Waals surface area contributed by atoms with Crippen molar-refractivity contribution in [3.05, 3.63) is 112 Å². The molecular formula is C31H33N3O3. The minimum Gasteiger partial charge on any atom is -0.385 e. The van der Waals surface area contributed by atoms with E-state index in [1.807, 2.05) is 92.7 Å². The highest BCUT2D eigenvalue weighted by atomic mass is 16.5. The number of ether oxygens (including phenoxy) is 1. The summed E-state index contributed by atoms with van der Waals surface area (Å²) in [5, 5.41) is 0.544. The van der Waals surface area contributed by atoms with Gasteiger partial charge in [-0.1, -0.05) is 67.1 Å². The highest BCUT2D eigenvalue weighted by Crippen LogP contribution is 2.27. The predicted octanol–water partition coefficient (Wildman–Crippen LogP) is 5.72. The number of para-hydroxylation sites is 1. The van der Waals surface area contributed by atoms with Gasteiger partial charge in [-0.2, -0.15) is 0 Å². The average molecular weight is 496 g/mol. The van der Waals surface area contributed by atoms with Gasteiger partial charge in [-0.3, -0.25) is 14.2 Å². The molecule has 0 fully saturated rings. The van der Waals surface area contributed by atoms with E-state index in [1.54, 1.807) is 28.7 Å². The Morgan fingerprint density at radius 3 is 2.43 bits per heavy atom. The van der Waals surface area contributed by atoms with Gasteiger partial charge >= 0.3 is 0 Å². The number of carbonyl (C=O) groups is 1. The molecule has 1 amide bonds. The van der Waals surface area contributed by atoms with E-state index in [0.29, 0.717) is 42.7 Å². The molecule has 190 valence electrons. The molecule has 37 heavy (non-hydrogen) atoms. The lowest BCUT2D eigenvalue weighted by Crippen LogP contribution is -2.38. The lowest BCUT2D eigenvalue weighted by atomic mass is 10.1. The quantitative estimate of drug-likeness (QED) is 0.208. The lowest BCUT2D eigenvalue weighted by molar-refractivity contribution is -0.128. The molecule has 1 heterocycles. The van der Waals surface area contributed by atoms with Gasteiger partial charge < -0.3 is 9.64 Å². The van der Waals surface area contributed by atoms with Gasteiger partial charge in [0.05, 0.1) is 22.6 Å². The van der Waals surface area contributed by atoms with E-state index in [1.165, 1.54) is 0 Å². The van der Waals surface area contributed by atoms with E-state index in [4.69, 9.17) is 9.72 Å². The van der Waals surface area contributed by atoms with Gasteiger partial charge in [0.2, 0.25) is 5.91 Å². The van der Waals surface area contributed by atoms with Crippen molar-refractivity contribution >= 4 is 22.9 Å². The molecule has 3 aromatic carbocycles. The van der Waals surface area contributed by atoms with Crippen LogP contribution >= 0.6 is 0 Å². The number of amides is 1. The molecule has 6 nitrogen and oxygen atoms in total. The SMILES string of the molecule is CCC(c1nc2ccccc2c(=O)n1-c1ccc(C)cc1)N(CCCOC)C(=O)C=Cc1ccccc1. The Morgan fingerprint density at radius 2 is 1.73 bits per heavy atom. The summed E-state index contributed by atoms with van der Waals surface area (Å²) in [5.41, 5.74) is 3.24. The number of benzene rings is 3. The Hall–Kier alpha value is -4.03. The Labute approximate surface area is 217 Å². The molecule has 4 aromatic rings. The maximum absolute atomic E-state index is 13.8. The Kier molecular flexibility index (Phi) is 8.64. The minimum atomic E-state index is -0.414. The third-order valence-electron chi connectivity index (χ3n) is 6.40. The predicted molar refractivity (Wildman–Crippen MR) is 149 cm³/mol. The number of aromatic nitrogens is 2. The molecule has 1 unspecified atom stereocenters. The molecule has 1 atom stereocenters. The Morgan fingerprint density at radius 1 is 1.03 bits per heavy atom. The summed E-state index contributed by atoms with van der Waals surface area (Å²) in [7, 11) is 1.65. The second-order valence-corrected chi connectivity index (χ2v) is 9.01. The second-order valence-electron chi connectivity index (χ2n) is 9.01. The van der Waals surface area contributed by atoms with Crippen LogP contribution in [-0.2, 0) is 9.53 Å². The molecule has 0 aliphatic carbocycles. The van der Waals surface area contributed by atoms with Crippen molar-refractivity contribution in [2.45, 2.75) is 32.7 Å². The van der Waals surface area contributed by atoms with Gasteiger partial charge in [0.1, 0.15) is 5.82 Å². The van der Waals surface area contributed by atoms with Crippen molar-refractivity contribution in [1.82, 2.24) is 14.5 Å². The number of nitrogens with zero attached hydrogens (tertiary/aromatic N) is 3.